The van der Waals surface area contributed by atoms with Crippen molar-refractivity contribution < 1.29 is 13.2 Å². The Hall–Kier alpha value is -1.59. The number of aromatic nitrogens is 1. The van der Waals surface area contributed by atoms with E-state index >= 15 is 0 Å². The monoisotopic (exact) mass is 314 g/mol. The molecule has 0 fully saturated rings. The summed E-state index contributed by atoms with van der Waals surface area (Å²) in [5, 5.41) is 0.511. The third-order valence-electron chi connectivity index (χ3n) is 3.09. The van der Waals surface area contributed by atoms with Crippen molar-refractivity contribution in [2.24, 2.45) is 5.73 Å². The number of benzene rings is 1. The molecule has 0 saturated carbocycles. The van der Waals surface area contributed by atoms with Crippen molar-refractivity contribution in [3.63, 3.8) is 0 Å². The van der Waals surface area contributed by atoms with Crippen molar-refractivity contribution >= 4 is 11.6 Å². The predicted molar refractivity (Wildman–Crippen MR) is 76.1 cm³/mol. The van der Waals surface area contributed by atoms with E-state index in [1.54, 1.807) is 18.3 Å². The second-order valence-corrected chi connectivity index (χ2v) is 5.24. The van der Waals surface area contributed by atoms with Crippen LogP contribution in [0, 0.1) is 0 Å². The Morgan fingerprint density at radius 2 is 1.95 bits per heavy atom. The van der Waals surface area contributed by atoms with Crippen LogP contribution in [0.15, 0.2) is 42.7 Å². The maximum absolute atomic E-state index is 12.6. The summed E-state index contributed by atoms with van der Waals surface area (Å²) >= 11 is 5.99. The third kappa shape index (κ3) is 4.44. The zero-order valence-corrected chi connectivity index (χ0v) is 11.8. The Labute approximate surface area is 125 Å². The van der Waals surface area contributed by atoms with E-state index in [1.807, 2.05) is 0 Å². The first-order valence-electron chi connectivity index (χ1n) is 6.36. The number of halogens is 4. The fraction of sp³-hybridized carbons (Fsp3) is 0.267. The van der Waals surface area contributed by atoms with Crippen molar-refractivity contribution in [3.05, 3.63) is 64.4 Å². The molecule has 0 radical (unpaired) electrons. The van der Waals surface area contributed by atoms with Gasteiger partial charge in [-0.25, -0.2) is 0 Å². The molecule has 6 heteroatoms. The van der Waals surface area contributed by atoms with Crippen LogP contribution < -0.4 is 5.73 Å². The van der Waals surface area contributed by atoms with Crippen LogP contribution in [0.25, 0.3) is 0 Å². The van der Waals surface area contributed by atoms with Crippen molar-refractivity contribution in [3.8, 4) is 0 Å². The molecular formula is C15H14ClF3N2. The Morgan fingerprint density at radius 3 is 2.62 bits per heavy atom. The molecule has 1 atom stereocenters. The molecule has 1 unspecified atom stereocenters. The molecule has 1 aromatic heterocycles. The number of pyridine rings is 1. The zero-order valence-electron chi connectivity index (χ0n) is 11.1. The van der Waals surface area contributed by atoms with Gasteiger partial charge in [0.05, 0.1) is 10.6 Å². The number of nitrogens with zero attached hydrogens (tertiary/aromatic N) is 1. The predicted octanol–water partition coefficient (Wildman–Crippen LogP) is 3.87. The second kappa shape index (κ2) is 6.45. The van der Waals surface area contributed by atoms with Gasteiger partial charge < -0.3 is 5.73 Å². The third-order valence-corrected chi connectivity index (χ3v) is 3.43. The van der Waals surface area contributed by atoms with Crippen molar-refractivity contribution in [1.82, 2.24) is 4.98 Å². The van der Waals surface area contributed by atoms with Crippen LogP contribution in [-0.4, -0.2) is 11.0 Å². The van der Waals surface area contributed by atoms with Crippen LogP contribution in [0.1, 0.15) is 16.7 Å². The summed E-state index contributed by atoms with van der Waals surface area (Å²) in [6.45, 7) is 0. The first-order valence-corrected chi connectivity index (χ1v) is 6.74. The molecule has 112 valence electrons. The molecule has 0 aliphatic carbocycles. The number of rotatable bonds is 4. The van der Waals surface area contributed by atoms with E-state index in [9.17, 15) is 13.2 Å². The molecule has 1 aromatic carbocycles. The number of alkyl halides is 3. The average molecular weight is 315 g/mol. The van der Waals surface area contributed by atoms with Gasteiger partial charge in [0.25, 0.3) is 0 Å². The van der Waals surface area contributed by atoms with Crippen molar-refractivity contribution in [2.75, 3.05) is 0 Å². The lowest BCUT2D eigenvalue weighted by Gasteiger charge is -2.14. The molecule has 2 rings (SSSR count). The van der Waals surface area contributed by atoms with E-state index in [1.165, 1.54) is 12.3 Å². The van der Waals surface area contributed by atoms with E-state index in [0.29, 0.717) is 23.4 Å². The van der Waals surface area contributed by atoms with Gasteiger partial charge in [-0.05, 0) is 36.1 Å². The Bertz CT molecular complexity index is 614. The second-order valence-electron chi connectivity index (χ2n) is 4.83. The molecule has 0 spiro atoms. The normalized spacial score (nSPS) is 13.2. The van der Waals surface area contributed by atoms with Crippen LogP contribution in [0.4, 0.5) is 13.2 Å². The summed E-state index contributed by atoms with van der Waals surface area (Å²) in [7, 11) is 0. The van der Waals surface area contributed by atoms with Gasteiger partial charge in [0.2, 0.25) is 0 Å². The highest BCUT2D eigenvalue weighted by Crippen LogP contribution is 2.29. The fourth-order valence-corrected chi connectivity index (χ4v) is 2.30. The largest absolute Gasteiger partial charge is 0.416 e. The first-order chi connectivity index (χ1) is 9.86. The maximum Gasteiger partial charge on any atom is 0.416 e. The molecule has 21 heavy (non-hydrogen) atoms. The summed E-state index contributed by atoms with van der Waals surface area (Å²) in [5.41, 5.74) is 6.74. The highest BCUT2D eigenvalue weighted by Gasteiger charge is 2.30. The summed E-state index contributed by atoms with van der Waals surface area (Å²) in [5.74, 6) is 0. The van der Waals surface area contributed by atoms with Gasteiger partial charge in [-0.15, -0.1) is 0 Å². The SMILES string of the molecule is NC(Cc1cccc(C(F)(F)F)c1)Cc1ccncc1Cl. The van der Waals surface area contributed by atoms with Crippen LogP contribution in [0.5, 0.6) is 0 Å². The van der Waals surface area contributed by atoms with E-state index < -0.39 is 11.7 Å². The van der Waals surface area contributed by atoms with Crippen LogP contribution in [0.3, 0.4) is 0 Å². The Kier molecular flexibility index (Phi) is 4.85. The number of hydrogen-bond acceptors (Lipinski definition) is 2. The minimum absolute atomic E-state index is 0.312. The summed E-state index contributed by atoms with van der Waals surface area (Å²) in [6.07, 6.45) is -0.374. The molecule has 0 saturated heterocycles. The minimum atomic E-state index is -4.34. The Morgan fingerprint density at radius 1 is 1.19 bits per heavy atom. The van der Waals surface area contributed by atoms with E-state index in [4.69, 9.17) is 17.3 Å². The van der Waals surface area contributed by atoms with Crippen molar-refractivity contribution in [1.29, 1.82) is 0 Å². The topological polar surface area (TPSA) is 38.9 Å². The smallest absolute Gasteiger partial charge is 0.327 e. The molecule has 2 aromatic rings. The molecule has 0 amide bonds. The highest BCUT2D eigenvalue weighted by atomic mass is 35.5. The van der Waals surface area contributed by atoms with E-state index in [0.717, 1.165) is 17.7 Å². The molecular weight excluding hydrogens is 301 g/mol. The lowest BCUT2D eigenvalue weighted by atomic mass is 9.99. The fourth-order valence-electron chi connectivity index (χ4n) is 2.10. The number of hydrogen-bond donors (Lipinski definition) is 1. The van der Waals surface area contributed by atoms with Gasteiger partial charge in [-0.2, -0.15) is 13.2 Å². The van der Waals surface area contributed by atoms with Gasteiger partial charge in [-0.3, -0.25) is 4.98 Å². The summed E-state index contributed by atoms with van der Waals surface area (Å²) < 4.78 is 37.9. The van der Waals surface area contributed by atoms with Gasteiger partial charge in [0.15, 0.2) is 0 Å². The average Bonchev–Trinajstić information content (AvgIpc) is 2.41. The van der Waals surface area contributed by atoms with E-state index in [-0.39, 0.29) is 6.04 Å². The lowest BCUT2D eigenvalue weighted by Crippen LogP contribution is -2.25. The minimum Gasteiger partial charge on any atom is -0.327 e. The zero-order chi connectivity index (χ0) is 15.5. The van der Waals surface area contributed by atoms with E-state index in [2.05, 4.69) is 4.98 Å². The molecule has 2 nitrogen and oxygen atoms in total. The van der Waals surface area contributed by atoms with Gasteiger partial charge >= 0.3 is 6.18 Å². The standard InChI is InChI=1S/C15H14ClF3N2/c16-14-9-21-5-4-11(14)8-13(20)7-10-2-1-3-12(6-10)15(17,18)19/h1-6,9,13H,7-8,20H2. The van der Waals surface area contributed by atoms with Crippen molar-refractivity contribution in [2.45, 2.75) is 25.1 Å². The molecule has 0 bridgehead atoms. The van der Waals surface area contributed by atoms with Gasteiger partial charge in [0, 0.05) is 18.4 Å². The summed E-state index contributed by atoms with van der Waals surface area (Å²) in [4.78, 5) is 3.88. The van der Waals surface area contributed by atoms with Gasteiger partial charge in [0.1, 0.15) is 0 Å². The highest BCUT2D eigenvalue weighted by molar-refractivity contribution is 6.31. The Balaban J connectivity index is 2.06. The molecule has 0 aliphatic rings. The molecule has 2 N–H and O–H groups in total. The molecule has 0 aliphatic heterocycles. The number of nitrogens with two attached hydrogens (primary N) is 1. The summed E-state index contributed by atoms with van der Waals surface area (Å²) in [6, 6.07) is 6.67. The first kappa shape index (κ1) is 15.8. The quantitative estimate of drug-likeness (QED) is 0.930. The van der Waals surface area contributed by atoms with Crippen LogP contribution in [0.2, 0.25) is 5.02 Å². The molecule has 1 heterocycles. The van der Waals surface area contributed by atoms with Crippen LogP contribution in [-0.2, 0) is 19.0 Å². The van der Waals surface area contributed by atoms with Gasteiger partial charge in [-0.1, -0.05) is 29.8 Å². The maximum atomic E-state index is 12.6. The lowest BCUT2D eigenvalue weighted by molar-refractivity contribution is -0.137. The van der Waals surface area contributed by atoms with Crippen LogP contribution >= 0.6 is 11.6 Å².